The van der Waals surface area contributed by atoms with Crippen LogP contribution in [0.4, 0.5) is 14.6 Å². The SMILES string of the molecule is Cc1cc(N)ncc1-c1c(F)ccc(C)c1F. The van der Waals surface area contributed by atoms with E-state index in [2.05, 4.69) is 4.98 Å². The summed E-state index contributed by atoms with van der Waals surface area (Å²) >= 11 is 0. The molecule has 4 heteroatoms. The van der Waals surface area contributed by atoms with Gasteiger partial charge in [-0.05, 0) is 37.1 Å². The minimum atomic E-state index is -0.595. The number of aromatic nitrogens is 1. The molecule has 0 bridgehead atoms. The molecule has 2 aromatic rings. The Morgan fingerprint density at radius 1 is 1.12 bits per heavy atom. The van der Waals surface area contributed by atoms with Crippen LogP contribution in [-0.4, -0.2) is 4.98 Å². The summed E-state index contributed by atoms with van der Waals surface area (Å²) in [5, 5.41) is 0. The van der Waals surface area contributed by atoms with Gasteiger partial charge in [0.05, 0.1) is 5.56 Å². The molecular weight excluding hydrogens is 222 g/mol. The molecule has 0 radical (unpaired) electrons. The van der Waals surface area contributed by atoms with Gasteiger partial charge in [-0.3, -0.25) is 0 Å². The Balaban J connectivity index is 2.72. The normalized spacial score (nSPS) is 10.6. The van der Waals surface area contributed by atoms with Crippen molar-refractivity contribution in [1.82, 2.24) is 4.98 Å². The molecule has 0 spiro atoms. The van der Waals surface area contributed by atoms with Crippen molar-refractivity contribution in [2.45, 2.75) is 13.8 Å². The van der Waals surface area contributed by atoms with Crippen molar-refractivity contribution in [1.29, 1.82) is 0 Å². The highest BCUT2D eigenvalue weighted by Gasteiger charge is 2.15. The third kappa shape index (κ3) is 1.98. The minimum Gasteiger partial charge on any atom is -0.384 e. The van der Waals surface area contributed by atoms with Gasteiger partial charge in [0.15, 0.2) is 0 Å². The summed E-state index contributed by atoms with van der Waals surface area (Å²) < 4.78 is 27.6. The Labute approximate surface area is 98.1 Å². The summed E-state index contributed by atoms with van der Waals surface area (Å²) in [6, 6.07) is 4.26. The Bertz CT molecular complexity index is 580. The van der Waals surface area contributed by atoms with Crippen molar-refractivity contribution >= 4 is 5.82 Å². The highest BCUT2D eigenvalue weighted by molar-refractivity contribution is 5.69. The van der Waals surface area contributed by atoms with E-state index < -0.39 is 11.6 Å². The first-order valence-corrected chi connectivity index (χ1v) is 5.18. The monoisotopic (exact) mass is 234 g/mol. The minimum absolute atomic E-state index is 0.0463. The van der Waals surface area contributed by atoms with Gasteiger partial charge < -0.3 is 5.73 Å². The fourth-order valence-corrected chi connectivity index (χ4v) is 1.74. The summed E-state index contributed by atoms with van der Waals surface area (Å²) in [6.07, 6.45) is 1.39. The van der Waals surface area contributed by atoms with Crippen LogP contribution in [0.25, 0.3) is 11.1 Å². The third-order valence-corrected chi connectivity index (χ3v) is 2.69. The molecule has 0 atom stereocenters. The molecular formula is C13H12F2N2. The summed E-state index contributed by atoms with van der Waals surface area (Å²) in [7, 11) is 0. The van der Waals surface area contributed by atoms with Crippen LogP contribution >= 0.6 is 0 Å². The molecule has 2 rings (SSSR count). The van der Waals surface area contributed by atoms with Gasteiger partial charge in [0.25, 0.3) is 0 Å². The number of aryl methyl sites for hydroxylation is 2. The molecule has 0 aliphatic rings. The number of nitrogens with zero attached hydrogens (tertiary/aromatic N) is 1. The van der Waals surface area contributed by atoms with E-state index in [1.165, 1.54) is 18.3 Å². The van der Waals surface area contributed by atoms with Crippen molar-refractivity contribution in [2.75, 3.05) is 5.73 Å². The first-order valence-electron chi connectivity index (χ1n) is 5.18. The zero-order valence-electron chi connectivity index (χ0n) is 9.59. The zero-order chi connectivity index (χ0) is 12.6. The lowest BCUT2D eigenvalue weighted by atomic mass is 9.99. The van der Waals surface area contributed by atoms with E-state index >= 15 is 0 Å². The van der Waals surface area contributed by atoms with E-state index in [9.17, 15) is 8.78 Å². The van der Waals surface area contributed by atoms with Gasteiger partial charge in [0.1, 0.15) is 17.5 Å². The van der Waals surface area contributed by atoms with Gasteiger partial charge >= 0.3 is 0 Å². The Hall–Kier alpha value is -1.97. The molecule has 1 heterocycles. The van der Waals surface area contributed by atoms with Crippen molar-refractivity contribution in [2.24, 2.45) is 0 Å². The Morgan fingerprint density at radius 2 is 1.82 bits per heavy atom. The first kappa shape index (κ1) is 11.5. The predicted octanol–water partition coefficient (Wildman–Crippen LogP) is 3.23. The van der Waals surface area contributed by atoms with Gasteiger partial charge in [0, 0.05) is 11.8 Å². The molecule has 2 nitrogen and oxygen atoms in total. The molecule has 17 heavy (non-hydrogen) atoms. The van der Waals surface area contributed by atoms with Crippen molar-refractivity contribution in [3.8, 4) is 11.1 Å². The van der Waals surface area contributed by atoms with Gasteiger partial charge in [-0.15, -0.1) is 0 Å². The highest BCUT2D eigenvalue weighted by Crippen LogP contribution is 2.30. The number of nitrogen functional groups attached to an aromatic ring is 1. The van der Waals surface area contributed by atoms with E-state index in [0.29, 0.717) is 22.5 Å². The molecule has 0 saturated carbocycles. The van der Waals surface area contributed by atoms with Crippen LogP contribution in [-0.2, 0) is 0 Å². The number of pyridine rings is 1. The fraction of sp³-hybridized carbons (Fsp3) is 0.154. The highest BCUT2D eigenvalue weighted by atomic mass is 19.1. The third-order valence-electron chi connectivity index (χ3n) is 2.69. The van der Waals surface area contributed by atoms with Gasteiger partial charge in [-0.2, -0.15) is 0 Å². The summed E-state index contributed by atoms with van der Waals surface area (Å²) in [5.41, 5.74) is 6.99. The molecule has 1 aromatic carbocycles. The van der Waals surface area contributed by atoms with Crippen molar-refractivity contribution in [3.05, 3.63) is 47.2 Å². The van der Waals surface area contributed by atoms with E-state index in [1.807, 2.05) is 0 Å². The summed E-state index contributed by atoms with van der Waals surface area (Å²) in [6.45, 7) is 3.34. The number of rotatable bonds is 1. The van der Waals surface area contributed by atoms with Crippen LogP contribution in [0.1, 0.15) is 11.1 Å². The van der Waals surface area contributed by atoms with Crippen LogP contribution < -0.4 is 5.73 Å². The Morgan fingerprint density at radius 3 is 2.47 bits per heavy atom. The van der Waals surface area contributed by atoms with Crippen LogP contribution in [0.5, 0.6) is 0 Å². The second-order valence-electron chi connectivity index (χ2n) is 3.98. The second-order valence-corrected chi connectivity index (χ2v) is 3.98. The van der Waals surface area contributed by atoms with Crippen molar-refractivity contribution < 1.29 is 8.78 Å². The number of halogens is 2. The number of nitrogens with two attached hydrogens (primary N) is 1. The smallest absolute Gasteiger partial charge is 0.136 e. The molecule has 0 aliphatic heterocycles. The topological polar surface area (TPSA) is 38.9 Å². The van der Waals surface area contributed by atoms with Gasteiger partial charge in [-0.1, -0.05) is 6.07 Å². The number of hydrogen-bond donors (Lipinski definition) is 1. The van der Waals surface area contributed by atoms with E-state index in [4.69, 9.17) is 5.73 Å². The van der Waals surface area contributed by atoms with E-state index in [0.717, 1.165) is 0 Å². The fourth-order valence-electron chi connectivity index (χ4n) is 1.74. The van der Waals surface area contributed by atoms with E-state index in [1.54, 1.807) is 19.9 Å². The standard InChI is InChI=1S/C13H12F2N2/c1-7-3-4-10(14)12(13(7)15)9-6-17-11(16)5-8(9)2/h3-6H,1-2H3,(H2,16,17). The lowest BCUT2D eigenvalue weighted by molar-refractivity contribution is 0.583. The number of anilines is 1. The maximum atomic E-state index is 13.9. The molecule has 0 aliphatic carbocycles. The number of benzene rings is 1. The average molecular weight is 234 g/mol. The zero-order valence-corrected chi connectivity index (χ0v) is 9.59. The quantitative estimate of drug-likeness (QED) is 0.822. The van der Waals surface area contributed by atoms with E-state index in [-0.39, 0.29) is 5.56 Å². The average Bonchev–Trinajstić information content (AvgIpc) is 2.27. The lowest BCUT2D eigenvalue weighted by Gasteiger charge is -2.10. The maximum absolute atomic E-state index is 13.9. The van der Waals surface area contributed by atoms with Crippen LogP contribution in [0.2, 0.25) is 0 Å². The first-order chi connectivity index (χ1) is 8.00. The molecule has 0 unspecified atom stereocenters. The molecule has 0 amide bonds. The molecule has 1 aromatic heterocycles. The summed E-state index contributed by atoms with van der Waals surface area (Å²) in [4.78, 5) is 3.87. The number of hydrogen-bond acceptors (Lipinski definition) is 2. The molecule has 0 fully saturated rings. The van der Waals surface area contributed by atoms with Crippen LogP contribution in [0.15, 0.2) is 24.4 Å². The lowest BCUT2D eigenvalue weighted by Crippen LogP contribution is -1.98. The van der Waals surface area contributed by atoms with Crippen molar-refractivity contribution in [3.63, 3.8) is 0 Å². The van der Waals surface area contributed by atoms with Gasteiger partial charge in [-0.25, -0.2) is 13.8 Å². The maximum Gasteiger partial charge on any atom is 0.136 e. The van der Waals surface area contributed by atoms with Gasteiger partial charge in [0.2, 0.25) is 0 Å². The van der Waals surface area contributed by atoms with Crippen LogP contribution in [0.3, 0.4) is 0 Å². The van der Waals surface area contributed by atoms with Crippen LogP contribution in [0, 0.1) is 25.5 Å². The molecule has 88 valence electrons. The largest absolute Gasteiger partial charge is 0.384 e. The Kier molecular flexibility index (Phi) is 2.79. The molecule has 0 saturated heterocycles. The predicted molar refractivity (Wildman–Crippen MR) is 63.5 cm³/mol. The molecule has 2 N–H and O–H groups in total. The summed E-state index contributed by atoms with van der Waals surface area (Å²) in [5.74, 6) is -0.817. The second kappa shape index (κ2) is 4.13.